The monoisotopic (exact) mass is 606 g/mol. The highest BCUT2D eigenvalue weighted by atomic mass is 35.5. The lowest BCUT2D eigenvalue weighted by Crippen LogP contribution is -2.48. The number of alkyl halides is 3. The number of amides is 1. The van der Waals surface area contributed by atoms with Crippen LogP contribution in [0, 0.1) is 0 Å². The summed E-state index contributed by atoms with van der Waals surface area (Å²) in [6.45, 7) is 1.61. The molecular weight excluding hydrogens is 584 g/mol. The Bertz CT molecular complexity index is 1600. The molecule has 2 aromatic carbocycles. The number of carbonyl (C=O) groups is 1. The molecule has 0 spiro atoms. The van der Waals surface area contributed by atoms with Crippen LogP contribution in [0.3, 0.4) is 0 Å². The van der Waals surface area contributed by atoms with Crippen LogP contribution < -0.4 is 5.56 Å². The van der Waals surface area contributed by atoms with Crippen LogP contribution in [-0.2, 0) is 29.1 Å². The van der Waals surface area contributed by atoms with Crippen LogP contribution in [0.5, 0.6) is 0 Å². The third-order valence-electron chi connectivity index (χ3n) is 6.57. The first-order valence-corrected chi connectivity index (χ1v) is 14.1. The van der Waals surface area contributed by atoms with Crippen LogP contribution in [0.2, 0.25) is 10.0 Å². The van der Waals surface area contributed by atoms with Gasteiger partial charge in [0.25, 0.3) is 5.56 Å². The minimum atomic E-state index is -4.85. The molecule has 1 aliphatic rings. The van der Waals surface area contributed by atoms with Gasteiger partial charge in [0.1, 0.15) is 0 Å². The molecule has 2 heterocycles. The molecule has 1 saturated heterocycles. The van der Waals surface area contributed by atoms with Gasteiger partial charge in [-0.3, -0.25) is 14.3 Å². The van der Waals surface area contributed by atoms with Crippen molar-refractivity contribution in [2.45, 2.75) is 31.1 Å². The summed E-state index contributed by atoms with van der Waals surface area (Å²) < 4.78 is 68.6. The van der Waals surface area contributed by atoms with E-state index in [1.54, 1.807) is 4.90 Å². The molecule has 0 bridgehead atoms. The highest BCUT2D eigenvalue weighted by Gasteiger charge is 2.37. The molecule has 1 aromatic heterocycles. The fourth-order valence-electron chi connectivity index (χ4n) is 4.46. The molecule has 1 amide bonds. The summed E-state index contributed by atoms with van der Waals surface area (Å²) >= 11 is 12.5. The number of halogens is 5. The van der Waals surface area contributed by atoms with Gasteiger partial charge in [-0.05, 0) is 35.4 Å². The van der Waals surface area contributed by atoms with Crippen molar-refractivity contribution in [2.24, 2.45) is 0 Å². The zero-order valence-corrected chi connectivity index (χ0v) is 22.8. The number of aromatic nitrogens is 2. The van der Waals surface area contributed by atoms with Crippen LogP contribution >= 0.6 is 23.2 Å². The Labute approximate surface area is 231 Å². The quantitative estimate of drug-likeness (QED) is 0.443. The van der Waals surface area contributed by atoms with Crippen LogP contribution in [-0.4, -0.2) is 70.9 Å². The zero-order valence-electron chi connectivity index (χ0n) is 20.5. The zero-order chi connectivity index (χ0) is 28.7. The largest absolute Gasteiger partial charge is 0.465 e. The second kappa shape index (κ2) is 11.0. The topological polar surface area (TPSA) is 113 Å². The van der Waals surface area contributed by atoms with Gasteiger partial charge in [0.15, 0.2) is 9.84 Å². The molecular formula is C24H23Cl2F3N4O5S. The van der Waals surface area contributed by atoms with Gasteiger partial charge in [-0.1, -0.05) is 30.1 Å². The van der Waals surface area contributed by atoms with Gasteiger partial charge in [-0.2, -0.15) is 13.2 Å². The maximum absolute atomic E-state index is 14.2. The molecule has 15 heteroatoms. The Morgan fingerprint density at radius 3 is 2.36 bits per heavy atom. The molecule has 39 heavy (non-hydrogen) atoms. The standard InChI is InChI=1S/C24H23Cl2F3N4O5S/c1-2-39(37,38)19-4-3-15(25)9-14(19)11-33-13-30-21-16(22(33)34)10-18(24(27,28)29)17(20(21)26)12-31-5-7-32(8-6-31)23(35)36/h3-4,9-10,13H,2,5-8,11-12H2,1H3,(H,35,36). The van der Waals surface area contributed by atoms with Gasteiger partial charge in [-0.25, -0.2) is 18.2 Å². The van der Waals surface area contributed by atoms with E-state index in [9.17, 15) is 31.2 Å². The van der Waals surface area contributed by atoms with E-state index in [1.165, 1.54) is 30.0 Å². The molecule has 0 saturated carbocycles. The second-order valence-electron chi connectivity index (χ2n) is 8.99. The number of rotatable bonds is 6. The lowest BCUT2D eigenvalue weighted by Gasteiger charge is -2.33. The summed E-state index contributed by atoms with van der Waals surface area (Å²) in [5.41, 5.74) is -2.15. The molecule has 0 radical (unpaired) electrons. The van der Waals surface area contributed by atoms with Gasteiger partial charge in [0.05, 0.1) is 45.0 Å². The highest BCUT2D eigenvalue weighted by Crippen LogP contribution is 2.39. The van der Waals surface area contributed by atoms with Gasteiger partial charge < -0.3 is 10.0 Å². The maximum atomic E-state index is 14.2. The number of nitrogens with zero attached hydrogens (tertiary/aromatic N) is 4. The van der Waals surface area contributed by atoms with Crippen molar-refractivity contribution in [3.8, 4) is 0 Å². The maximum Gasteiger partial charge on any atom is 0.416 e. The summed E-state index contributed by atoms with van der Waals surface area (Å²) in [7, 11) is -3.69. The molecule has 0 unspecified atom stereocenters. The third-order valence-corrected chi connectivity index (χ3v) is 9.04. The van der Waals surface area contributed by atoms with E-state index in [-0.39, 0.29) is 82.0 Å². The fourth-order valence-corrected chi connectivity index (χ4v) is 6.07. The number of piperazine rings is 1. The molecule has 1 fully saturated rings. The predicted molar refractivity (Wildman–Crippen MR) is 139 cm³/mol. The normalized spacial score (nSPS) is 15.2. The lowest BCUT2D eigenvalue weighted by molar-refractivity contribution is -0.138. The summed E-state index contributed by atoms with van der Waals surface area (Å²) in [5.74, 6) is -0.203. The number of carboxylic acid groups (broad SMARTS) is 1. The first kappa shape index (κ1) is 29.1. The van der Waals surface area contributed by atoms with Gasteiger partial charge in [0.2, 0.25) is 0 Å². The minimum Gasteiger partial charge on any atom is -0.465 e. The third kappa shape index (κ3) is 6.01. The molecule has 210 valence electrons. The average Bonchev–Trinajstić information content (AvgIpc) is 2.87. The van der Waals surface area contributed by atoms with E-state index in [4.69, 9.17) is 28.3 Å². The molecule has 0 aliphatic carbocycles. The van der Waals surface area contributed by atoms with E-state index < -0.39 is 33.2 Å². The Morgan fingerprint density at radius 2 is 1.77 bits per heavy atom. The van der Waals surface area contributed by atoms with Crippen molar-refractivity contribution in [1.29, 1.82) is 0 Å². The van der Waals surface area contributed by atoms with Crippen molar-refractivity contribution < 1.29 is 31.5 Å². The summed E-state index contributed by atoms with van der Waals surface area (Å²) in [5, 5.41) is 8.62. The SMILES string of the molecule is CCS(=O)(=O)c1ccc(Cl)cc1Cn1cnc2c(Cl)c(CN3CCN(C(=O)O)CC3)c(C(F)(F)F)cc2c1=O. The number of fused-ring (bicyclic) bond motifs is 1. The predicted octanol–water partition coefficient (Wildman–Crippen LogP) is 4.36. The van der Waals surface area contributed by atoms with Crippen molar-refractivity contribution in [3.63, 3.8) is 0 Å². The van der Waals surface area contributed by atoms with E-state index in [1.807, 2.05) is 0 Å². The van der Waals surface area contributed by atoms with Crippen molar-refractivity contribution in [2.75, 3.05) is 31.9 Å². The lowest BCUT2D eigenvalue weighted by atomic mass is 10.0. The van der Waals surface area contributed by atoms with Crippen LogP contribution in [0.4, 0.5) is 18.0 Å². The van der Waals surface area contributed by atoms with E-state index in [2.05, 4.69) is 4.98 Å². The summed E-state index contributed by atoms with van der Waals surface area (Å²) in [4.78, 5) is 31.4. The summed E-state index contributed by atoms with van der Waals surface area (Å²) in [6.07, 6.45) is -4.85. The van der Waals surface area contributed by atoms with Crippen LogP contribution in [0.15, 0.2) is 40.3 Å². The number of benzene rings is 2. The Balaban J connectivity index is 1.78. The Hall–Kier alpha value is -2.87. The number of sulfone groups is 1. The first-order chi connectivity index (χ1) is 18.2. The van der Waals surface area contributed by atoms with Crippen molar-refractivity contribution in [1.82, 2.24) is 19.4 Å². The number of hydrogen-bond donors (Lipinski definition) is 1. The molecule has 3 aromatic rings. The van der Waals surface area contributed by atoms with Crippen LogP contribution in [0.25, 0.3) is 10.9 Å². The summed E-state index contributed by atoms with van der Waals surface area (Å²) in [6, 6.07) is 4.80. The van der Waals surface area contributed by atoms with E-state index in [0.717, 1.165) is 10.9 Å². The van der Waals surface area contributed by atoms with Gasteiger partial charge >= 0.3 is 12.3 Å². The fraction of sp³-hybridized carbons (Fsp3) is 0.375. The van der Waals surface area contributed by atoms with Gasteiger partial charge in [-0.15, -0.1) is 0 Å². The molecule has 1 aliphatic heterocycles. The molecule has 9 nitrogen and oxygen atoms in total. The van der Waals surface area contributed by atoms with E-state index >= 15 is 0 Å². The van der Waals surface area contributed by atoms with Crippen molar-refractivity contribution in [3.05, 3.63) is 67.7 Å². The highest BCUT2D eigenvalue weighted by molar-refractivity contribution is 7.91. The van der Waals surface area contributed by atoms with E-state index in [0.29, 0.717) is 6.07 Å². The second-order valence-corrected chi connectivity index (χ2v) is 12.1. The average molecular weight is 607 g/mol. The minimum absolute atomic E-state index is 0.0475. The smallest absolute Gasteiger partial charge is 0.416 e. The first-order valence-electron chi connectivity index (χ1n) is 11.7. The Kier molecular flexibility index (Phi) is 8.18. The Morgan fingerprint density at radius 1 is 1.10 bits per heavy atom. The molecule has 1 N–H and O–H groups in total. The van der Waals surface area contributed by atoms with Crippen LogP contribution in [0.1, 0.15) is 23.6 Å². The number of hydrogen-bond acceptors (Lipinski definition) is 6. The van der Waals surface area contributed by atoms with Gasteiger partial charge in [0, 0.05) is 37.7 Å². The van der Waals surface area contributed by atoms with Crippen molar-refractivity contribution >= 4 is 50.0 Å². The molecule has 4 rings (SSSR count). The molecule has 0 atom stereocenters.